The Kier molecular flexibility index (Phi) is 5.95. The van der Waals surface area contributed by atoms with Crippen LogP contribution in [-0.4, -0.2) is 42.6 Å². The van der Waals surface area contributed by atoms with Crippen LogP contribution in [0.5, 0.6) is 0 Å². The van der Waals surface area contributed by atoms with Gasteiger partial charge < -0.3 is 4.98 Å². The molecule has 0 bridgehead atoms. The van der Waals surface area contributed by atoms with Crippen molar-refractivity contribution in [3.63, 3.8) is 0 Å². The number of pyridine rings is 1. The van der Waals surface area contributed by atoms with Crippen LogP contribution in [0.25, 0.3) is 10.9 Å². The monoisotopic (exact) mass is 451 g/mol. The van der Waals surface area contributed by atoms with Gasteiger partial charge in [-0.2, -0.15) is 0 Å². The Bertz CT molecular complexity index is 1320. The van der Waals surface area contributed by atoms with E-state index in [0.717, 1.165) is 20.8 Å². The van der Waals surface area contributed by atoms with Crippen LogP contribution >= 0.6 is 11.8 Å². The van der Waals surface area contributed by atoms with Gasteiger partial charge in [0.15, 0.2) is 5.78 Å². The zero-order valence-corrected chi connectivity index (χ0v) is 18.7. The number of hydrogen-bond acceptors (Lipinski definition) is 5. The van der Waals surface area contributed by atoms with E-state index in [2.05, 4.69) is 9.97 Å². The van der Waals surface area contributed by atoms with Crippen molar-refractivity contribution in [2.45, 2.75) is 15.2 Å². The predicted molar refractivity (Wildman–Crippen MR) is 123 cm³/mol. The van der Waals surface area contributed by atoms with Crippen molar-refractivity contribution in [1.29, 1.82) is 0 Å². The highest BCUT2D eigenvalue weighted by Crippen LogP contribution is 2.38. The van der Waals surface area contributed by atoms with Crippen LogP contribution in [0.3, 0.4) is 0 Å². The van der Waals surface area contributed by atoms with E-state index in [-0.39, 0.29) is 10.7 Å². The van der Waals surface area contributed by atoms with Gasteiger partial charge in [0.05, 0.1) is 10.3 Å². The maximum Gasteiger partial charge on any atom is 0.244 e. The number of nitrogens with zero attached hydrogens (tertiary/aromatic N) is 2. The number of carbonyl (C=O) groups is 1. The molecule has 0 saturated heterocycles. The molecule has 0 aliphatic rings. The summed E-state index contributed by atoms with van der Waals surface area (Å²) < 4.78 is 25.7. The molecule has 2 aromatic carbocycles. The van der Waals surface area contributed by atoms with Crippen LogP contribution in [0.1, 0.15) is 21.2 Å². The number of H-pyrrole nitrogens is 1. The molecule has 0 saturated carbocycles. The Morgan fingerprint density at radius 2 is 1.71 bits per heavy atom. The summed E-state index contributed by atoms with van der Waals surface area (Å²) in [6.07, 6.45) is 3.07. The summed E-state index contributed by atoms with van der Waals surface area (Å²) >= 11 is 1.30. The molecule has 0 aliphatic heterocycles. The number of ketones is 1. The molecule has 4 aromatic rings. The second kappa shape index (κ2) is 8.66. The summed E-state index contributed by atoms with van der Waals surface area (Å²) in [6, 6.07) is 20.4. The minimum atomic E-state index is -3.56. The quantitative estimate of drug-likeness (QED) is 0.330. The first-order chi connectivity index (χ1) is 14.9. The van der Waals surface area contributed by atoms with Gasteiger partial charge in [0.25, 0.3) is 0 Å². The van der Waals surface area contributed by atoms with Crippen molar-refractivity contribution >= 4 is 38.5 Å². The number of fused-ring (bicyclic) bond motifs is 1. The summed E-state index contributed by atoms with van der Waals surface area (Å²) in [5.74, 6) is -0.0413. The molecule has 158 valence electrons. The van der Waals surface area contributed by atoms with Gasteiger partial charge in [-0.25, -0.2) is 17.7 Å². The predicted octanol–water partition coefficient (Wildman–Crippen LogP) is 4.53. The van der Waals surface area contributed by atoms with Crippen LogP contribution in [0, 0.1) is 0 Å². The molecular formula is C23H21N3O3S2. The van der Waals surface area contributed by atoms with E-state index in [9.17, 15) is 13.2 Å². The highest BCUT2D eigenvalue weighted by atomic mass is 32.2. The van der Waals surface area contributed by atoms with Gasteiger partial charge in [0, 0.05) is 43.0 Å². The molecular weight excluding hydrogens is 430 g/mol. The number of Topliss-reactive ketones (excluding diaryl/α,β-unsaturated/α-hetero) is 1. The van der Waals surface area contributed by atoms with Crippen molar-refractivity contribution in [1.82, 2.24) is 14.3 Å². The molecule has 4 rings (SSSR count). The van der Waals surface area contributed by atoms with Crippen molar-refractivity contribution < 1.29 is 13.2 Å². The molecule has 1 N–H and O–H groups in total. The molecule has 0 amide bonds. The largest absolute Gasteiger partial charge is 0.360 e. The molecule has 2 aromatic heterocycles. The van der Waals surface area contributed by atoms with Gasteiger partial charge in [-0.1, -0.05) is 60.3 Å². The number of hydrogen-bond donors (Lipinski definition) is 1. The lowest BCUT2D eigenvalue weighted by Crippen LogP contribution is -2.22. The molecule has 1 unspecified atom stereocenters. The van der Waals surface area contributed by atoms with E-state index < -0.39 is 15.3 Å². The third kappa shape index (κ3) is 4.27. The normalized spacial score (nSPS) is 12.9. The lowest BCUT2D eigenvalue weighted by atomic mass is 10.0. The van der Waals surface area contributed by atoms with Crippen molar-refractivity contribution in [3.8, 4) is 0 Å². The van der Waals surface area contributed by atoms with Gasteiger partial charge in [0.2, 0.25) is 10.0 Å². The van der Waals surface area contributed by atoms with Crippen molar-refractivity contribution in [2.75, 3.05) is 14.1 Å². The summed E-state index contributed by atoms with van der Waals surface area (Å²) in [7, 11) is -0.609. The van der Waals surface area contributed by atoms with Gasteiger partial charge in [-0.05, 0) is 23.8 Å². The lowest BCUT2D eigenvalue weighted by molar-refractivity contribution is 0.0991. The smallest absolute Gasteiger partial charge is 0.244 e. The summed E-state index contributed by atoms with van der Waals surface area (Å²) in [6.45, 7) is 0. The molecule has 0 aliphatic carbocycles. The number of thioether (sulfide) groups is 1. The zero-order chi connectivity index (χ0) is 22.0. The molecule has 0 spiro atoms. The SMILES string of the molecule is CN(C)S(=O)(=O)c1ccc(SC(C(=O)c2c[nH]c3ccccc23)c2ccccc2)nc1. The van der Waals surface area contributed by atoms with Gasteiger partial charge in [-0.3, -0.25) is 4.79 Å². The number of para-hydroxylation sites is 1. The van der Waals surface area contributed by atoms with Gasteiger partial charge >= 0.3 is 0 Å². The third-order valence-electron chi connectivity index (χ3n) is 4.92. The van der Waals surface area contributed by atoms with Crippen LogP contribution in [-0.2, 0) is 10.0 Å². The van der Waals surface area contributed by atoms with E-state index in [0.29, 0.717) is 10.6 Å². The van der Waals surface area contributed by atoms with Crippen molar-refractivity contribution in [2.24, 2.45) is 0 Å². The highest BCUT2D eigenvalue weighted by molar-refractivity contribution is 8.00. The average Bonchev–Trinajstić information content (AvgIpc) is 3.22. The molecule has 2 heterocycles. The fourth-order valence-electron chi connectivity index (χ4n) is 3.24. The Hall–Kier alpha value is -2.94. The Balaban J connectivity index is 1.69. The Morgan fingerprint density at radius 1 is 1.00 bits per heavy atom. The maximum absolute atomic E-state index is 13.6. The number of benzene rings is 2. The molecule has 31 heavy (non-hydrogen) atoms. The van der Waals surface area contributed by atoms with E-state index in [1.165, 1.54) is 38.1 Å². The van der Waals surface area contributed by atoms with E-state index in [4.69, 9.17) is 0 Å². The first kappa shape index (κ1) is 21.3. The zero-order valence-electron chi connectivity index (χ0n) is 17.0. The van der Waals surface area contributed by atoms with E-state index in [1.54, 1.807) is 12.3 Å². The second-order valence-corrected chi connectivity index (χ2v) is 10.4. The van der Waals surface area contributed by atoms with Gasteiger partial charge in [-0.15, -0.1) is 0 Å². The maximum atomic E-state index is 13.6. The molecule has 0 radical (unpaired) electrons. The third-order valence-corrected chi connectivity index (χ3v) is 7.93. The Labute approximate surface area is 185 Å². The number of carbonyl (C=O) groups excluding carboxylic acids is 1. The number of nitrogens with one attached hydrogen (secondary N) is 1. The standard InChI is InChI=1S/C23H21N3O3S2/c1-26(2)31(28,29)17-12-13-21(25-14-17)30-23(16-8-4-3-5-9-16)22(27)19-15-24-20-11-7-6-10-18(19)20/h3-15,23-24H,1-2H3. The highest BCUT2D eigenvalue weighted by Gasteiger charge is 2.26. The topological polar surface area (TPSA) is 83.1 Å². The Morgan fingerprint density at radius 3 is 2.39 bits per heavy atom. The fraction of sp³-hybridized carbons (Fsp3) is 0.130. The number of aromatic amines is 1. The molecule has 1 atom stereocenters. The van der Waals surface area contributed by atoms with Crippen LogP contribution in [0.4, 0.5) is 0 Å². The minimum Gasteiger partial charge on any atom is -0.360 e. The molecule has 8 heteroatoms. The van der Waals surface area contributed by atoms with E-state index in [1.807, 2.05) is 54.6 Å². The first-order valence-electron chi connectivity index (χ1n) is 9.58. The van der Waals surface area contributed by atoms with Crippen LogP contribution in [0.15, 0.2) is 89.0 Å². The molecule has 0 fully saturated rings. The van der Waals surface area contributed by atoms with Crippen LogP contribution in [0.2, 0.25) is 0 Å². The number of sulfonamides is 1. The summed E-state index contributed by atoms with van der Waals surface area (Å²) in [5.41, 5.74) is 2.37. The summed E-state index contributed by atoms with van der Waals surface area (Å²) in [5, 5.41) is 0.915. The van der Waals surface area contributed by atoms with E-state index >= 15 is 0 Å². The van der Waals surface area contributed by atoms with Crippen molar-refractivity contribution in [3.05, 3.63) is 90.3 Å². The average molecular weight is 452 g/mol. The minimum absolute atomic E-state index is 0.0413. The number of rotatable bonds is 7. The fourth-order valence-corrected chi connectivity index (χ4v) is 5.11. The lowest BCUT2D eigenvalue weighted by Gasteiger charge is -2.16. The summed E-state index contributed by atoms with van der Waals surface area (Å²) in [4.78, 5) is 21.2. The second-order valence-electron chi connectivity index (χ2n) is 7.14. The van der Waals surface area contributed by atoms with Crippen LogP contribution < -0.4 is 0 Å². The number of aromatic nitrogens is 2. The van der Waals surface area contributed by atoms with Gasteiger partial charge in [0.1, 0.15) is 4.90 Å². The first-order valence-corrected chi connectivity index (χ1v) is 11.9. The molecule has 6 nitrogen and oxygen atoms in total.